The zero-order valence-corrected chi connectivity index (χ0v) is 12.2. The second kappa shape index (κ2) is 11.1. The third-order valence-electron chi connectivity index (χ3n) is 2.53. The van der Waals surface area contributed by atoms with Crippen LogP contribution >= 0.6 is 0 Å². The minimum Gasteiger partial charge on any atom is -0.507 e. The largest absolute Gasteiger partial charge is 0.507 e. The van der Waals surface area contributed by atoms with E-state index in [4.69, 9.17) is 18.9 Å². The van der Waals surface area contributed by atoms with Gasteiger partial charge in [-0.3, -0.25) is 0 Å². The molecule has 0 heterocycles. The van der Waals surface area contributed by atoms with Crippen molar-refractivity contribution >= 4 is 5.97 Å². The summed E-state index contributed by atoms with van der Waals surface area (Å²) in [5, 5.41) is 9.48. The van der Waals surface area contributed by atoms with Gasteiger partial charge in [0.2, 0.25) is 0 Å². The lowest BCUT2D eigenvalue weighted by Gasteiger charge is -2.07. The Morgan fingerprint density at radius 3 is 2.14 bits per heavy atom. The fourth-order valence-corrected chi connectivity index (χ4v) is 1.50. The highest BCUT2D eigenvalue weighted by molar-refractivity contribution is 5.92. The van der Waals surface area contributed by atoms with Crippen LogP contribution in [0.2, 0.25) is 0 Å². The van der Waals surface area contributed by atoms with Crippen molar-refractivity contribution in [3.63, 3.8) is 0 Å². The SMILES string of the molecule is CCOCCOCCOCCOC(=O)c1ccccc1O. The Bertz CT molecular complexity index is 407. The maximum Gasteiger partial charge on any atom is 0.341 e. The summed E-state index contributed by atoms with van der Waals surface area (Å²) in [4.78, 5) is 11.6. The van der Waals surface area contributed by atoms with Crippen LogP contribution < -0.4 is 0 Å². The second-order valence-corrected chi connectivity index (χ2v) is 4.07. The third-order valence-corrected chi connectivity index (χ3v) is 2.53. The topological polar surface area (TPSA) is 74.2 Å². The Hall–Kier alpha value is -1.63. The van der Waals surface area contributed by atoms with Gasteiger partial charge < -0.3 is 24.1 Å². The van der Waals surface area contributed by atoms with E-state index < -0.39 is 5.97 Å². The lowest BCUT2D eigenvalue weighted by Crippen LogP contribution is -2.14. The molecule has 0 spiro atoms. The standard InChI is InChI=1S/C15H22O6/c1-2-18-7-8-19-9-10-20-11-12-21-15(17)13-5-3-4-6-14(13)16/h3-6,16H,2,7-12H2,1H3. The minimum absolute atomic E-state index is 0.0916. The monoisotopic (exact) mass is 298 g/mol. The van der Waals surface area contributed by atoms with Crippen molar-refractivity contribution in [2.45, 2.75) is 6.92 Å². The highest BCUT2D eigenvalue weighted by atomic mass is 16.6. The number of phenolic OH excluding ortho intramolecular Hbond substituents is 1. The smallest absolute Gasteiger partial charge is 0.341 e. The number of phenols is 1. The van der Waals surface area contributed by atoms with Gasteiger partial charge in [-0.25, -0.2) is 4.79 Å². The van der Waals surface area contributed by atoms with E-state index in [9.17, 15) is 9.90 Å². The zero-order chi connectivity index (χ0) is 15.3. The van der Waals surface area contributed by atoms with E-state index in [2.05, 4.69) is 0 Å². The van der Waals surface area contributed by atoms with Gasteiger partial charge in [0.1, 0.15) is 17.9 Å². The number of hydrogen-bond acceptors (Lipinski definition) is 6. The average Bonchev–Trinajstić information content (AvgIpc) is 2.49. The molecule has 1 aromatic rings. The summed E-state index contributed by atoms with van der Waals surface area (Å²) in [5.74, 6) is -0.657. The quantitative estimate of drug-likeness (QED) is 0.494. The predicted octanol–water partition coefficient (Wildman–Crippen LogP) is 1.62. The summed E-state index contributed by atoms with van der Waals surface area (Å²) in [5.41, 5.74) is 0.150. The van der Waals surface area contributed by atoms with Gasteiger partial charge in [-0.1, -0.05) is 12.1 Å². The molecule has 0 atom stereocenters. The fraction of sp³-hybridized carbons (Fsp3) is 0.533. The summed E-state index contributed by atoms with van der Waals surface area (Å²) in [6.45, 7) is 5.05. The van der Waals surface area contributed by atoms with Crippen molar-refractivity contribution in [1.29, 1.82) is 0 Å². The Morgan fingerprint density at radius 2 is 1.52 bits per heavy atom. The van der Waals surface area contributed by atoms with Crippen molar-refractivity contribution in [3.8, 4) is 5.75 Å². The summed E-state index contributed by atoms with van der Waals surface area (Å²) in [6.07, 6.45) is 0. The van der Waals surface area contributed by atoms with Crippen LogP contribution in [0.4, 0.5) is 0 Å². The van der Waals surface area contributed by atoms with Crippen LogP contribution in [0.25, 0.3) is 0 Å². The van der Waals surface area contributed by atoms with Crippen molar-refractivity contribution in [2.75, 3.05) is 46.2 Å². The molecule has 6 nitrogen and oxygen atoms in total. The molecule has 0 aliphatic carbocycles. The molecule has 1 rings (SSSR count). The molecule has 0 aromatic heterocycles. The summed E-state index contributed by atoms with van der Waals surface area (Å²) >= 11 is 0. The van der Waals surface area contributed by atoms with Crippen molar-refractivity contribution in [1.82, 2.24) is 0 Å². The van der Waals surface area contributed by atoms with Crippen LogP contribution in [-0.2, 0) is 18.9 Å². The Morgan fingerprint density at radius 1 is 0.952 bits per heavy atom. The van der Waals surface area contributed by atoms with E-state index in [0.717, 1.165) is 0 Å². The van der Waals surface area contributed by atoms with Gasteiger partial charge in [0.25, 0.3) is 0 Å². The van der Waals surface area contributed by atoms with E-state index >= 15 is 0 Å². The number of rotatable bonds is 11. The lowest BCUT2D eigenvalue weighted by molar-refractivity contribution is 0.00173. The van der Waals surface area contributed by atoms with Crippen LogP contribution in [0.3, 0.4) is 0 Å². The summed E-state index contributed by atoms with van der Waals surface area (Å²) in [6, 6.07) is 6.24. The van der Waals surface area contributed by atoms with E-state index in [-0.39, 0.29) is 24.5 Å². The molecule has 6 heteroatoms. The van der Waals surface area contributed by atoms with E-state index in [1.807, 2.05) is 6.92 Å². The van der Waals surface area contributed by atoms with E-state index in [1.165, 1.54) is 12.1 Å². The first-order chi connectivity index (χ1) is 10.3. The molecule has 0 radical (unpaired) electrons. The first kappa shape index (κ1) is 17.4. The van der Waals surface area contributed by atoms with Crippen LogP contribution in [0.5, 0.6) is 5.75 Å². The van der Waals surface area contributed by atoms with Crippen LogP contribution in [0, 0.1) is 0 Å². The number of esters is 1. The molecular formula is C15H22O6. The predicted molar refractivity (Wildman–Crippen MR) is 76.5 cm³/mol. The maximum absolute atomic E-state index is 11.6. The van der Waals surface area contributed by atoms with Gasteiger partial charge in [0.15, 0.2) is 0 Å². The molecule has 0 unspecified atom stereocenters. The van der Waals surface area contributed by atoms with Gasteiger partial charge in [-0.15, -0.1) is 0 Å². The number of ether oxygens (including phenoxy) is 4. The summed E-state index contributed by atoms with van der Waals surface area (Å²) < 4.78 is 20.6. The Balaban J connectivity index is 1.99. The normalized spacial score (nSPS) is 10.5. The summed E-state index contributed by atoms with van der Waals surface area (Å²) in [7, 11) is 0. The molecule has 1 N–H and O–H groups in total. The minimum atomic E-state index is -0.565. The number of para-hydroxylation sites is 1. The number of aromatic hydroxyl groups is 1. The van der Waals surface area contributed by atoms with Crippen molar-refractivity contribution in [3.05, 3.63) is 29.8 Å². The molecule has 0 saturated carbocycles. The van der Waals surface area contributed by atoms with Gasteiger partial charge in [0, 0.05) is 6.61 Å². The first-order valence-corrected chi connectivity index (χ1v) is 6.94. The highest BCUT2D eigenvalue weighted by Gasteiger charge is 2.10. The lowest BCUT2D eigenvalue weighted by atomic mass is 10.2. The second-order valence-electron chi connectivity index (χ2n) is 4.07. The molecule has 1 aromatic carbocycles. The molecule has 0 aliphatic heterocycles. The van der Waals surface area contributed by atoms with Gasteiger partial charge in [-0.05, 0) is 19.1 Å². The molecular weight excluding hydrogens is 276 g/mol. The van der Waals surface area contributed by atoms with E-state index in [1.54, 1.807) is 12.1 Å². The van der Waals surface area contributed by atoms with Crippen LogP contribution in [0.1, 0.15) is 17.3 Å². The zero-order valence-electron chi connectivity index (χ0n) is 12.2. The molecule has 0 aliphatic rings. The van der Waals surface area contributed by atoms with E-state index in [0.29, 0.717) is 33.0 Å². The number of carbonyl (C=O) groups excluding carboxylic acids is 1. The Labute approximate surface area is 124 Å². The highest BCUT2D eigenvalue weighted by Crippen LogP contribution is 2.16. The fourth-order valence-electron chi connectivity index (χ4n) is 1.50. The third kappa shape index (κ3) is 7.65. The number of carbonyl (C=O) groups is 1. The molecule has 0 bridgehead atoms. The molecule has 0 fully saturated rings. The molecule has 0 saturated heterocycles. The molecule has 21 heavy (non-hydrogen) atoms. The van der Waals surface area contributed by atoms with Gasteiger partial charge >= 0.3 is 5.97 Å². The molecule has 0 amide bonds. The molecule has 118 valence electrons. The number of benzene rings is 1. The van der Waals surface area contributed by atoms with Gasteiger partial charge in [-0.2, -0.15) is 0 Å². The first-order valence-electron chi connectivity index (χ1n) is 6.94. The van der Waals surface area contributed by atoms with Crippen LogP contribution in [-0.4, -0.2) is 57.3 Å². The maximum atomic E-state index is 11.6. The number of hydrogen-bond donors (Lipinski definition) is 1. The average molecular weight is 298 g/mol. The van der Waals surface area contributed by atoms with Crippen LogP contribution in [0.15, 0.2) is 24.3 Å². The Kier molecular flexibility index (Phi) is 9.19. The van der Waals surface area contributed by atoms with Crippen molar-refractivity contribution in [2.24, 2.45) is 0 Å². The van der Waals surface area contributed by atoms with Crippen molar-refractivity contribution < 1.29 is 28.8 Å². The van der Waals surface area contributed by atoms with Gasteiger partial charge in [0.05, 0.1) is 33.0 Å².